The fourth-order valence-corrected chi connectivity index (χ4v) is 3.13. The minimum atomic E-state index is 0.0806. The lowest BCUT2D eigenvalue weighted by Gasteiger charge is -2.39. The molecule has 1 saturated heterocycles. The first-order chi connectivity index (χ1) is 10.1. The molecule has 2 rings (SSSR count). The number of anilines is 2. The number of carbonyl (C=O) groups excluding carboxylic acids is 1. The number of benzene rings is 1. The van der Waals surface area contributed by atoms with Crippen molar-refractivity contribution >= 4 is 17.3 Å². The number of hydrogen-bond donors (Lipinski definition) is 2. The molecule has 1 aromatic carbocycles. The van der Waals surface area contributed by atoms with Crippen molar-refractivity contribution in [2.45, 2.75) is 58.0 Å². The monoisotopic (exact) mass is 289 g/mol. The average molecular weight is 289 g/mol. The first-order valence-electron chi connectivity index (χ1n) is 7.97. The van der Waals surface area contributed by atoms with E-state index < -0.39 is 0 Å². The molecule has 4 nitrogen and oxygen atoms in total. The lowest BCUT2D eigenvalue weighted by molar-refractivity contribution is -0.116. The average Bonchev–Trinajstić information content (AvgIpc) is 2.45. The lowest BCUT2D eigenvalue weighted by Crippen LogP contribution is -2.44. The highest BCUT2D eigenvalue weighted by Crippen LogP contribution is 2.22. The Labute approximate surface area is 127 Å². The van der Waals surface area contributed by atoms with Gasteiger partial charge in [0, 0.05) is 29.9 Å². The Morgan fingerprint density at radius 3 is 2.48 bits per heavy atom. The van der Waals surface area contributed by atoms with Crippen LogP contribution in [0.15, 0.2) is 24.3 Å². The van der Waals surface area contributed by atoms with Crippen LogP contribution in [-0.2, 0) is 4.79 Å². The fraction of sp³-hybridized carbons (Fsp3) is 0.588. The summed E-state index contributed by atoms with van der Waals surface area (Å²) < 4.78 is 0. The van der Waals surface area contributed by atoms with Gasteiger partial charge >= 0.3 is 0 Å². The van der Waals surface area contributed by atoms with Crippen LogP contribution in [0.2, 0.25) is 0 Å². The number of piperidine rings is 1. The highest BCUT2D eigenvalue weighted by molar-refractivity contribution is 5.90. The van der Waals surface area contributed by atoms with Crippen LogP contribution < -0.4 is 11.1 Å². The predicted octanol–water partition coefficient (Wildman–Crippen LogP) is 3.25. The molecule has 0 saturated carbocycles. The van der Waals surface area contributed by atoms with Gasteiger partial charge in [-0.15, -0.1) is 0 Å². The first-order valence-corrected chi connectivity index (χ1v) is 7.97. The summed E-state index contributed by atoms with van der Waals surface area (Å²) >= 11 is 0. The Kier molecular flexibility index (Phi) is 5.62. The van der Waals surface area contributed by atoms with Gasteiger partial charge in [-0.25, -0.2) is 0 Å². The summed E-state index contributed by atoms with van der Waals surface area (Å²) in [6.07, 6.45) is 5.37. The molecule has 116 valence electrons. The molecule has 0 radical (unpaired) electrons. The van der Waals surface area contributed by atoms with Crippen LogP contribution in [0.3, 0.4) is 0 Å². The van der Waals surface area contributed by atoms with Crippen molar-refractivity contribution in [3.8, 4) is 0 Å². The van der Waals surface area contributed by atoms with E-state index in [-0.39, 0.29) is 5.91 Å². The van der Waals surface area contributed by atoms with Gasteiger partial charge in [0.25, 0.3) is 0 Å². The van der Waals surface area contributed by atoms with Crippen molar-refractivity contribution in [3.05, 3.63) is 24.3 Å². The summed E-state index contributed by atoms with van der Waals surface area (Å²) in [7, 11) is 0. The molecule has 4 heteroatoms. The second kappa shape index (κ2) is 7.46. The summed E-state index contributed by atoms with van der Waals surface area (Å²) in [5.74, 6) is 0.0806. The van der Waals surface area contributed by atoms with E-state index in [0.29, 0.717) is 24.2 Å². The standard InChI is InChI=1S/C17H27N3O/c1-13-5-3-6-14(2)20(13)12-4-7-17(21)19-16-10-8-15(18)9-11-16/h8-11,13-14H,3-7,12,18H2,1-2H3,(H,19,21). The number of nitrogens with two attached hydrogens (primary N) is 1. The van der Waals surface area contributed by atoms with Gasteiger partial charge in [-0.05, 0) is 63.9 Å². The van der Waals surface area contributed by atoms with E-state index in [1.54, 1.807) is 12.1 Å². The fourth-order valence-electron chi connectivity index (χ4n) is 3.13. The van der Waals surface area contributed by atoms with Crippen LogP contribution in [0.5, 0.6) is 0 Å². The number of likely N-dealkylation sites (tertiary alicyclic amines) is 1. The van der Waals surface area contributed by atoms with Gasteiger partial charge in [-0.3, -0.25) is 9.69 Å². The summed E-state index contributed by atoms with van der Waals surface area (Å²) in [4.78, 5) is 14.5. The highest BCUT2D eigenvalue weighted by atomic mass is 16.1. The van der Waals surface area contributed by atoms with E-state index in [2.05, 4.69) is 24.1 Å². The van der Waals surface area contributed by atoms with Crippen molar-refractivity contribution in [1.82, 2.24) is 4.90 Å². The molecule has 21 heavy (non-hydrogen) atoms. The summed E-state index contributed by atoms with van der Waals surface area (Å²) in [6.45, 7) is 5.60. The van der Waals surface area contributed by atoms with Crippen LogP contribution in [-0.4, -0.2) is 29.4 Å². The number of nitrogens with one attached hydrogen (secondary N) is 1. The quantitative estimate of drug-likeness (QED) is 0.818. The Morgan fingerprint density at radius 1 is 1.24 bits per heavy atom. The number of rotatable bonds is 5. The number of hydrogen-bond acceptors (Lipinski definition) is 3. The third kappa shape index (κ3) is 4.74. The second-order valence-corrected chi connectivity index (χ2v) is 6.14. The van der Waals surface area contributed by atoms with Crippen LogP contribution in [0.1, 0.15) is 46.0 Å². The molecule has 0 aromatic heterocycles. The van der Waals surface area contributed by atoms with Crippen molar-refractivity contribution in [2.24, 2.45) is 0 Å². The maximum absolute atomic E-state index is 11.9. The Bertz CT molecular complexity index is 448. The van der Waals surface area contributed by atoms with Crippen molar-refractivity contribution in [1.29, 1.82) is 0 Å². The molecule has 0 aliphatic carbocycles. The minimum Gasteiger partial charge on any atom is -0.399 e. The van der Waals surface area contributed by atoms with Gasteiger partial charge in [0.2, 0.25) is 5.91 Å². The zero-order valence-electron chi connectivity index (χ0n) is 13.1. The SMILES string of the molecule is CC1CCCC(C)N1CCCC(=O)Nc1ccc(N)cc1. The minimum absolute atomic E-state index is 0.0806. The predicted molar refractivity (Wildman–Crippen MR) is 88.2 cm³/mol. The molecule has 1 fully saturated rings. The number of amides is 1. The van der Waals surface area contributed by atoms with E-state index in [4.69, 9.17) is 5.73 Å². The van der Waals surface area contributed by atoms with Crippen molar-refractivity contribution < 1.29 is 4.79 Å². The van der Waals surface area contributed by atoms with Crippen LogP contribution >= 0.6 is 0 Å². The van der Waals surface area contributed by atoms with Gasteiger partial charge in [0.05, 0.1) is 0 Å². The summed E-state index contributed by atoms with van der Waals surface area (Å²) in [5.41, 5.74) is 7.15. The Morgan fingerprint density at radius 2 is 1.86 bits per heavy atom. The van der Waals surface area contributed by atoms with Gasteiger partial charge in [-0.2, -0.15) is 0 Å². The maximum Gasteiger partial charge on any atom is 0.224 e. The zero-order chi connectivity index (χ0) is 15.2. The maximum atomic E-state index is 11.9. The topological polar surface area (TPSA) is 58.4 Å². The number of carbonyl (C=O) groups is 1. The van der Waals surface area contributed by atoms with E-state index in [1.807, 2.05) is 12.1 Å². The molecule has 1 aliphatic heterocycles. The van der Waals surface area contributed by atoms with Gasteiger partial charge in [0.1, 0.15) is 0 Å². The van der Waals surface area contributed by atoms with Gasteiger partial charge in [0.15, 0.2) is 0 Å². The van der Waals surface area contributed by atoms with E-state index in [1.165, 1.54) is 19.3 Å². The molecule has 0 bridgehead atoms. The summed E-state index contributed by atoms with van der Waals surface area (Å²) in [6, 6.07) is 8.56. The Balaban J connectivity index is 1.72. The Hall–Kier alpha value is -1.55. The third-order valence-electron chi connectivity index (χ3n) is 4.39. The normalized spacial score (nSPS) is 23.0. The lowest BCUT2D eigenvalue weighted by atomic mass is 9.97. The second-order valence-electron chi connectivity index (χ2n) is 6.14. The summed E-state index contributed by atoms with van der Waals surface area (Å²) in [5, 5.41) is 2.92. The molecular formula is C17H27N3O. The molecule has 2 unspecified atom stereocenters. The number of nitrogen functional groups attached to an aromatic ring is 1. The molecule has 3 N–H and O–H groups in total. The molecular weight excluding hydrogens is 262 g/mol. The van der Waals surface area contributed by atoms with E-state index in [0.717, 1.165) is 18.7 Å². The molecule has 1 heterocycles. The molecule has 0 spiro atoms. The molecule has 2 atom stereocenters. The molecule has 1 aromatic rings. The third-order valence-corrected chi connectivity index (χ3v) is 4.39. The smallest absolute Gasteiger partial charge is 0.224 e. The number of nitrogens with zero attached hydrogens (tertiary/aromatic N) is 1. The van der Waals surface area contributed by atoms with Gasteiger partial charge < -0.3 is 11.1 Å². The van der Waals surface area contributed by atoms with Crippen LogP contribution in [0, 0.1) is 0 Å². The van der Waals surface area contributed by atoms with Gasteiger partial charge in [-0.1, -0.05) is 6.42 Å². The largest absolute Gasteiger partial charge is 0.399 e. The van der Waals surface area contributed by atoms with E-state index >= 15 is 0 Å². The molecule has 1 amide bonds. The van der Waals surface area contributed by atoms with Crippen molar-refractivity contribution in [3.63, 3.8) is 0 Å². The van der Waals surface area contributed by atoms with Crippen LogP contribution in [0.25, 0.3) is 0 Å². The van der Waals surface area contributed by atoms with E-state index in [9.17, 15) is 4.79 Å². The zero-order valence-corrected chi connectivity index (χ0v) is 13.1. The van der Waals surface area contributed by atoms with Crippen molar-refractivity contribution in [2.75, 3.05) is 17.6 Å². The molecule has 1 aliphatic rings. The first kappa shape index (κ1) is 15.8. The van der Waals surface area contributed by atoms with Crippen LogP contribution in [0.4, 0.5) is 11.4 Å². The highest BCUT2D eigenvalue weighted by Gasteiger charge is 2.23.